The second kappa shape index (κ2) is 9.99. The molecule has 7 nitrogen and oxygen atoms in total. The van der Waals surface area contributed by atoms with Crippen LogP contribution in [0.5, 0.6) is 0 Å². The minimum atomic E-state index is -0.334. The number of carbonyl (C=O) groups excluding carboxylic acids is 1. The van der Waals surface area contributed by atoms with Crippen LogP contribution in [0.2, 0.25) is 5.02 Å². The van der Waals surface area contributed by atoms with Crippen molar-refractivity contribution in [3.8, 4) is 5.69 Å². The molecule has 2 saturated heterocycles. The molecule has 2 aromatic carbocycles. The van der Waals surface area contributed by atoms with Crippen LogP contribution in [-0.2, 0) is 4.79 Å². The van der Waals surface area contributed by atoms with E-state index in [1.54, 1.807) is 6.20 Å². The Morgan fingerprint density at radius 2 is 1.47 bits per heavy atom. The predicted molar refractivity (Wildman–Crippen MR) is 134 cm³/mol. The van der Waals surface area contributed by atoms with Gasteiger partial charge in [0.25, 0.3) is 5.56 Å². The highest BCUT2D eigenvalue weighted by atomic mass is 35.5. The number of nitrogens with zero attached hydrogens (tertiary/aromatic N) is 5. The van der Waals surface area contributed by atoms with Gasteiger partial charge in [0.2, 0.25) is 5.91 Å². The Labute approximate surface area is 204 Å². The standard InChI is InChI=1S/C26H28ClN5O2/c27-23-22(19-28-32(25(23)33)21-11-5-2-6-12-21)29-15-17-30(18-16-29)24(20-9-3-1-4-10-20)26(34)31-13-7-8-14-31/h1-6,9-12,19,24H,7-8,13-18H2. The zero-order valence-electron chi connectivity index (χ0n) is 19.0. The van der Waals surface area contributed by atoms with E-state index < -0.39 is 0 Å². The fourth-order valence-electron chi connectivity index (χ4n) is 4.87. The summed E-state index contributed by atoms with van der Waals surface area (Å²) in [6.07, 6.45) is 3.80. The van der Waals surface area contributed by atoms with E-state index in [0.29, 0.717) is 37.6 Å². The van der Waals surface area contributed by atoms with Crippen LogP contribution in [0.25, 0.3) is 5.69 Å². The molecule has 1 atom stereocenters. The third-order valence-corrected chi connectivity index (χ3v) is 7.04. The Hall–Kier alpha value is -3.16. The Balaban J connectivity index is 1.34. The molecule has 3 aromatic rings. The summed E-state index contributed by atoms with van der Waals surface area (Å²) in [5.74, 6) is 0.183. The number of amides is 1. The van der Waals surface area contributed by atoms with Crippen molar-refractivity contribution in [2.24, 2.45) is 0 Å². The topological polar surface area (TPSA) is 61.7 Å². The lowest BCUT2D eigenvalue weighted by Gasteiger charge is -2.40. The van der Waals surface area contributed by atoms with E-state index in [-0.39, 0.29) is 22.5 Å². The summed E-state index contributed by atoms with van der Waals surface area (Å²) in [4.78, 5) is 32.7. The van der Waals surface area contributed by atoms with Gasteiger partial charge in [-0.2, -0.15) is 9.78 Å². The van der Waals surface area contributed by atoms with Crippen LogP contribution >= 0.6 is 11.6 Å². The predicted octanol–water partition coefficient (Wildman–Crippen LogP) is 3.37. The number of para-hydroxylation sites is 1. The minimum absolute atomic E-state index is 0.167. The van der Waals surface area contributed by atoms with E-state index in [1.165, 1.54) is 4.68 Å². The number of piperazine rings is 1. The highest BCUT2D eigenvalue weighted by molar-refractivity contribution is 6.33. The van der Waals surface area contributed by atoms with Gasteiger partial charge < -0.3 is 9.80 Å². The van der Waals surface area contributed by atoms with E-state index in [4.69, 9.17) is 11.6 Å². The lowest BCUT2D eigenvalue weighted by atomic mass is 10.0. The molecule has 34 heavy (non-hydrogen) atoms. The molecular weight excluding hydrogens is 450 g/mol. The van der Waals surface area contributed by atoms with Crippen LogP contribution < -0.4 is 10.5 Å². The van der Waals surface area contributed by atoms with Gasteiger partial charge in [-0.05, 0) is 30.5 Å². The number of rotatable bonds is 5. The maximum atomic E-state index is 13.5. The summed E-state index contributed by atoms with van der Waals surface area (Å²) in [5, 5.41) is 4.54. The number of hydrogen-bond donors (Lipinski definition) is 0. The van der Waals surface area contributed by atoms with Crippen molar-refractivity contribution < 1.29 is 4.79 Å². The zero-order valence-corrected chi connectivity index (χ0v) is 19.8. The van der Waals surface area contributed by atoms with Crippen molar-refractivity contribution in [3.63, 3.8) is 0 Å². The van der Waals surface area contributed by atoms with Crippen LogP contribution in [0.3, 0.4) is 0 Å². The summed E-state index contributed by atoms with van der Waals surface area (Å²) in [6.45, 7) is 4.37. The van der Waals surface area contributed by atoms with E-state index in [2.05, 4.69) is 14.9 Å². The molecule has 1 amide bonds. The summed E-state index contributed by atoms with van der Waals surface area (Å²) in [5.41, 5.74) is 2.01. The van der Waals surface area contributed by atoms with Gasteiger partial charge in [0.15, 0.2) is 0 Å². The number of carbonyl (C=O) groups is 1. The van der Waals surface area contributed by atoms with Crippen LogP contribution in [0, 0.1) is 0 Å². The average Bonchev–Trinajstić information content (AvgIpc) is 3.43. The number of aromatic nitrogens is 2. The normalized spacial score (nSPS) is 17.7. The lowest BCUT2D eigenvalue weighted by Crippen LogP contribution is -2.51. The minimum Gasteiger partial charge on any atom is -0.366 e. The second-order valence-electron chi connectivity index (χ2n) is 8.76. The molecule has 2 aliphatic rings. The molecule has 0 radical (unpaired) electrons. The molecule has 0 bridgehead atoms. The van der Waals surface area contributed by atoms with Crippen LogP contribution in [0.4, 0.5) is 5.69 Å². The van der Waals surface area contributed by atoms with Gasteiger partial charge in [0, 0.05) is 39.3 Å². The number of hydrogen-bond acceptors (Lipinski definition) is 5. The highest BCUT2D eigenvalue weighted by Crippen LogP contribution is 2.29. The molecule has 1 aromatic heterocycles. The van der Waals surface area contributed by atoms with Gasteiger partial charge in [0.05, 0.1) is 17.6 Å². The molecule has 176 valence electrons. The Kier molecular flexibility index (Phi) is 6.65. The summed E-state index contributed by atoms with van der Waals surface area (Å²) < 4.78 is 1.32. The fraction of sp³-hybridized carbons (Fsp3) is 0.346. The number of halogens is 1. The smallest absolute Gasteiger partial charge is 0.292 e. The lowest BCUT2D eigenvalue weighted by molar-refractivity contribution is -0.136. The van der Waals surface area contributed by atoms with Gasteiger partial charge in [-0.25, -0.2) is 0 Å². The van der Waals surface area contributed by atoms with E-state index >= 15 is 0 Å². The Bertz CT molecular complexity index is 1190. The largest absolute Gasteiger partial charge is 0.366 e. The van der Waals surface area contributed by atoms with Gasteiger partial charge in [0.1, 0.15) is 11.1 Å². The zero-order chi connectivity index (χ0) is 23.5. The van der Waals surface area contributed by atoms with Crippen LogP contribution in [-0.4, -0.2) is 64.8 Å². The van der Waals surface area contributed by atoms with Crippen LogP contribution in [0.15, 0.2) is 71.7 Å². The first-order valence-electron chi connectivity index (χ1n) is 11.8. The number of likely N-dealkylation sites (tertiary alicyclic amines) is 1. The van der Waals surface area contributed by atoms with E-state index in [9.17, 15) is 9.59 Å². The van der Waals surface area contributed by atoms with Crippen molar-refractivity contribution >= 4 is 23.2 Å². The molecule has 0 saturated carbocycles. The Morgan fingerprint density at radius 1 is 0.853 bits per heavy atom. The quantitative estimate of drug-likeness (QED) is 0.564. The maximum absolute atomic E-state index is 13.5. The molecule has 1 unspecified atom stereocenters. The third kappa shape index (κ3) is 4.45. The van der Waals surface area contributed by atoms with Gasteiger partial charge >= 0.3 is 0 Å². The maximum Gasteiger partial charge on any atom is 0.292 e. The average molecular weight is 478 g/mol. The third-order valence-electron chi connectivity index (χ3n) is 6.69. The molecule has 5 rings (SSSR count). The number of anilines is 1. The van der Waals surface area contributed by atoms with Crippen LogP contribution in [0.1, 0.15) is 24.4 Å². The molecule has 8 heteroatoms. The van der Waals surface area contributed by atoms with Crippen molar-refractivity contribution in [3.05, 3.63) is 87.8 Å². The van der Waals surface area contributed by atoms with Crippen molar-refractivity contribution in [2.75, 3.05) is 44.2 Å². The van der Waals surface area contributed by atoms with E-state index in [1.807, 2.05) is 65.6 Å². The monoisotopic (exact) mass is 477 g/mol. The molecule has 0 spiro atoms. The number of benzene rings is 2. The van der Waals surface area contributed by atoms with Crippen molar-refractivity contribution in [2.45, 2.75) is 18.9 Å². The van der Waals surface area contributed by atoms with Gasteiger partial charge in [-0.1, -0.05) is 60.1 Å². The van der Waals surface area contributed by atoms with Crippen molar-refractivity contribution in [1.82, 2.24) is 19.6 Å². The molecule has 0 aliphatic carbocycles. The summed E-state index contributed by atoms with van der Waals surface area (Å²) >= 11 is 6.52. The summed E-state index contributed by atoms with van der Waals surface area (Å²) in [6, 6.07) is 19.0. The summed E-state index contributed by atoms with van der Waals surface area (Å²) in [7, 11) is 0. The molecule has 3 heterocycles. The fourth-order valence-corrected chi connectivity index (χ4v) is 5.12. The molecule has 0 N–H and O–H groups in total. The molecule has 2 aliphatic heterocycles. The molecule has 2 fully saturated rings. The Morgan fingerprint density at radius 3 is 2.12 bits per heavy atom. The van der Waals surface area contributed by atoms with Gasteiger partial charge in [-0.15, -0.1) is 0 Å². The SMILES string of the molecule is O=C(C(c1ccccc1)N1CCN(c2cnn(-c3ccccc3)c(=O)c2Cl)CC1)N1CCCC1. The first-order valence-corrected chi connectivity index (χ1v) is 12.2. The van der Waals surface area contributed by atoms with E-state index in [0.717, 1.165) is 31.5 Å². The second-order valence-corrected chi connectivity index (χ2v) is 9.14. The first-order chi connectivity index (χ1) is 16.6. The highest BCUT2D eigenvalue weighted by Gasteiger charge is 2.34. The molecular formula is C26H28ClN5O2. The van der Waals surface area contributed by atoms with Crippen molar-refractivity contribution in [1.29, 1.82) is 0 Å². The van der Waals surface area contributed by atoms with Gasteiger partial charge in [-0.3, -0.25) is 14.5 Å². The first kappa shape index (κ1) is 22.6.